The molecule has 158 valence electrons. The third-order valence-corrected chi connectivity index (χ3v) is 3.90. The summed E-state index contributed by atoms with van der Waals surface area (Å²) in [6.07, 6.45) is -9.05. The molecule has 0 spiro atoms. The molecule has 0 aliphatic heterocycles. The first-order valence-corrected chi connectivity index (χ1v) is 8.34. The number of benzene rings is 2. The van der Waals surface area contributed by atoms with Gasteiger partial charge in [0.15, 0.2) is 0 Å². The van der Waals surface area contributed by atoms with Crippen molar-refractivity contribution in [3.63, 3.8) is 0 Å². The molecule has 0 bridgehead atoms. The van der Waals surface area contributed by atoms with E-state index in [1.54, 1.807) is 0 Å². The van der Waals surface area contributed by atoms with Crippen LogP contribution in [0.3, 0.4) is 0 Å². The zero-order valence-electron chi connectivity index (χ0n) is 15.2. The molecule has 0 unspecified atom stereocenters. The molecule has 2 aromatic carbocycles. The summed E-state index contributed by atoms with van der Waals surface area (Å²) in [6.45, 7) is 1.50. The zero-order chi connectivity index (χ0) is 22.1. The summed E-state index contributed by atoms with van der Waals surface area (Å²) < 4.78 is 82.3. The highest BCUT2D eigenvalue weighted by molar-refractivity contribution is 5.91. The van der Waals surface area contributed by atoms with Crippen LogP contribution in [0.15, 0.2) is 54.6 Å². The van der Waals surface area contributed by atoms with Gasteiger partial charge in [0.2, 0.25) is 5.88 Å². The summed E-state index contributed by atoms with van der Waals surface area (Å²) in [5.74, 6) is -0.257. The van der Waals surface area contributed by atoms with Crippen LogP contribution < -0.4 is 10.1 Å². The van der Waals surface area contributed by atoms with E-state index >= 15 is 0 Å². The van der Waals surface area contributed by atoms with Crippen LogP contribution in [-0.2, 0) is 12.4 Å². The number of ether oxygens (including phenoxy) is 1. The number of nitrogens with one attached hydrogen (secondary N) is 1. The molecule has 0 saturated carbocycles. The fourth-order valence-electron chi connectivity index (χ4n) is 2.48. The van der Waals surface area contributed by atoms with Gasteiger partial charge in [-0.3, -0.25) is 0 Å². The quantitative estimate of drug-likeness (QED) is 0.512. The molecule has 0 saturated heterocycles. The molecule has 1 N–H and O–H groups in total. The second-order valence-corrected chi connectivity index (χ2v) is 6.17. The SMILES string of the molecule is Cc1cc(Oc2cccc(C(F)(F)F)c2)nn1C(=O)Nc1ccc(C(F)(F)F)cc1. The van der Waals surface area contributed by atoms with E-state index in [2.05, 4.69) is 10.4 Å². The Labute approximate surface area is 165 Å². The number of halogens is 6. The highest BCUT2D eigenvalue weighted by Crippen LogP contribution is 2.33. The van der Waals surface area contributed by atoms with E-state index in [9.17, 15) is 31.1 Å². The molecule has 1 heterocycles. The smallest absolute Gasteiger partial charge is 0.416 e. The number of hydrogen-bond acceptors (Lipinski definition) is 3. The van der Waals surface area contributed by atoms with Gasteiger partial charge in [0.05, 0.1) is 16.8 Å². The Bertz CT molecular complexity index is 1060. The lowest BCUT2D eigenvalue weighted by Crippen LogP contribution is -2.21. The molecule has 3 aromatic rings. The fourth-order valence-corrected chi connectivity index (χ4v) is 2.48. The van der Waals surface area contributed by atoms with Gasteiger partial charge in [0.25, 0.3) is 0 Å². The number of anilines is 1. The molecule has 5 nitrogen and oxygen atoms in total. The second-order valence-electron chi connectivity index (χ2n) is 6.17. The second kappa shape index (κ2) is 7.73. The molecule has 0 radical (unpaired) electrons. The van der Waals surface area contributed by atoms with E-state index in [0.717, 1.165) is 41.1 Å². The Morgan fingerprint density at radius 2 is 1.57 bits per heavy atom. The maximum absolute atomic E-state index is 12.8. The van der Waals surface area contributed by atoms with E-state index < -0.39 is 29.5 Å². The lowest BCUT2D eigenvalue weighted by molar-refractivity contribution is -0.138. The number of nitrogens with zero attached hydrogens (tertiary/aromatic N) is 2. The van der Waals surface area contributed by atoms with E-state index in [0.29, 0.717) is 5.69 Å². The molecular formula is C19H13F6N3O2. The standard InChI is InChI=1S/C19H13F6N3O2/c1-11-9-16(30-15-4-2-3-13(10-15)19(23,24)25)27-28(11)17(29)26-14-7-5-12(6-8-14)18(20,21)22/h2-10H,1H3,(H,26,29). The summed E-state index contributed by atoms with van der Waals surface area (Å²) in [6, 6.07) is 8.47. The van der Waals surface area contributed by atoms with Gasteiger partial charge in [-0.15, -0.1) is 5.10 Å². The van der Waals surface area contributed by atoms with Crippen LogP contribution in [0.4, 0.5) is 36.8 Å². The maximum atomic E-state index is 12.8. The van der Waals surface area contributed by atoms with Gasteiger partial charge in [0, 0.05) is 11.8 Å². The predicted octanol–water partition coefficient (Wildman–Crippen LogP) is 6.10. The van der Waals surface area contributed by atoms with Crippen LogP contribution in [0.2, 0.25) is 0 Å². The summed E-state index contributed by atoms with van der Waals surface area (Å²) in [5, 5.41) is 6.24. The monoisotopic (exact) mass is 429 g/mol. The van der Waals surface area contributed by atoms with Crippen LogP contribution in [0, 0.1) is 6.92 Å². The highest BCUT2D eigenvalue weighted by atomic mass is 19.4. The number of aromatic nitrogens is 2. The van der Waals surface area contributed by atoms with E-state index in [1.165, 1.54) is 25.1 Å². The van der Waals surface area contributed by atoms with Crippen molar-refractivity contribution < 1.29 is 35.9 Å². The molecule has 3 rings (SSSR count). The number of aryl methyl sites for hydroxylation is 1. The summed E-state index contributed by atoms with van der Waals surface area (Å²) >= 11 is 0. The van der Waals surface area contributed by atoms with E-state index in [-0.39, 0.29) is 17.3 Å². The van der Waals surface area contributed by atoms with Crippen molar-refractivity contribution in [1.29, 1.82) is 0 Å². The van der Waals surface area contributed by atoms with Gasteiger partial charge in [-0.05, 0) is 49.4 Å². The molecule has 0 fully saturated rings. The summed E-state index contributed by atoms with van der Waals surface area (Å²) in [4.78, 5) is 12.3. The third kappa shape index (κ3) is 4.91. The molecule has 0 aliphatic carbocycles. The number of rotatable bonds is 3. The van der Waals surface area contributed by atoms with Gasteiger partial charge in [-0.25, -0.2) is 4.79 Å². The lowest BCUT2D eigenvalue weighted by atomic mass is 10.2. The average molecular weight is 429 g/mol. The van der Waals surface area contributed by atoms with Crippen molar-refractivity contribution in [1.82, 2.24) is 9.78 Å². The molecule has 0 aliphatic rings. The average Bonchev–Trinajstić information content (AvgIpc) is 3.01. The van der Waals surface area contributed by atoms with Gasteiger partial charge in [-0.2, -0.15) is 31.0 Å². The highest BCUT2D eigenvalue weighted by Gasteiger charge is 2.31. The van der Waals surface area contributed by atoms with Crippen molar-refractivity contribution in [2.45, 2.75) is 19.3 Å². The Hall–Kier alpha value is -3.50. The first kappa shape index (κ1) is 21.2. The Kier molecular flexibility index (Phi) is 5.47. The zero-order valence-corrected chi connectivity index (χ0v) is 15.2. The van der Waals surface area contributed by atoms with Crippen LogP contribution in [0.25, 0.3) is 0 Å². The lowest BCUT2D eigenvalue weighted by Gasteiger charge is -2.09. The summed E-state index contributed by atoms with van der Waals surface area (Å²) in [7, 11) is 0. The Morgan fingerprint density at radius 1 is 0.933 bits per heavy atom. The minimum absolute atomic E-state index is 0.100. The molecule has 1 amide bonds. The van der Waals surface area contributed by atoms with Gasteiger partial charge in [0.1, 0.15) is 5.75 Å². The first-order valence-electron chi connectivity index (χ1n) is 8.34. The number of amides is 1. The van der Waals surface area contributed by atoms with E-state index in [1.807, 2.05) is 0 Å². The van der Waals surface area contributed by atoms with Gasteiger partial charge in [-0.1, -0.05) is 6.07 Å². The van der Waals surface area contributed by atoms with Gasteiger partial charge >= 0.3 is 18.4 Å². The van der Waals surface area contributed by atoms with E-state index in [4.69, 9.17) is 4.74 Å². The minimum Gasteiger partial charge on any atom is -0.438 e. The van der Waals surface area contributed by atoms with Crippen molar-refractivity contribution in [3.05, 3.63) is 71.4 Å². The Balaban J connectivity index is 1.74. The number of hydrogen-bond donors (Lipinski definition) is 1. The molecule has 1 aromatic heterocycles. The topological polar surface area (TPSA) is 56.2 Å². The predicted molar refractivity (Wildman–Crippen MR) is 94.3 cm³/mol. The summed E-state index contributed by atoms with van der Waals surface area (Å²) in [5.41, 5.74) is -1.38. The Morgan fingerprint density at radius 3 is 2.17 bits per heavy atom. The largest absolute Gasteiger partial charge is 0.438 e. The van der Waals surface area contributed by atoms with Crippen molar-refractivity contribution in [3.8, 4) is 11.6 Å². The maximum Gasteiger partial charge on any atom is 0.416 e. The number of carbonyl (C=O) groups excluding carboxylic acids is 1. The van der Waals surface area contributed by atoms with Crippen molar-refractivity contribution in [2.24, 2.45) is 0 Å². The molecule has 30 heavy (non-hydrogen) atoms. The van der Waals surface area contributed by atoms with Crippen LogP contribution in [-0.4, -0.2) is 15.8 Å². The van der Waals surface area contributed by atoms with Crippen LogP contribution in [0.5, 0.6) is 11.6 Å². The van der Waals surface area contributed by atoms with Crippen molar-refractivity contribution in [2.75, 3.05) is 5.32 Å². The normalized spacial score (nSPS) is 12.0. The van der Waals surface area contributed by atoms with Crippen LogP contribution >= 0.6 is 0 Å². The fraction of sp³-hybridized carbons (Fsp3) is 0.158. The van der Waals surface area contributed by atoms with Gasteiger partial charge < -0.3 is 10.1 Å². The molecule has 11 heteroatoms. The minimum atomic E-state index is -4.55. The third-order valence-electron chi connectivity index (χ3n) is 3.90. The first-order chi connectivity index (χ1) is 13.9. The molecule has 0 atom stereocenters. The number of alkyl halides is 6. The molecular weight excluding hydrogens is 416 g/mol. The van der Waals surface area contributed by atoms with Crippen molar-refractivity contribution >= 4 is 11.7 Å². The number of carbonyl (C=O) groups is 1. The van der Waals surface area contributed by atoms with Crippen LogP contribution in [0.1, 0.15) is 16.8 Å².